The Balaban J connectivity index is 2.24. The van der Waals surface area contributed by atoms with E-state index in [1.54, 1.807) is 24.3 Å². The molecule has 0 bridgehead atoms. The van der Waals surface area contributed by atoms with Gasteiger partial charge in [0.1, 0.15) is 0 Å². The first-order valence-electron chi connectivity index (χ1n) is 6.45. The highest BCUT2D eigenvalue weighted by Gasteiger charge is 2.38. The van der Waals surface area contributed by atoms with Gasteiger partial charge >= 0.3 is 17.9 Å². The Morgan fingerprint density at radius 3 is 2.36 bits per heavy atom. The van der Waals surface area contributed by atoms with Gasteiger partial charge in [-0.2, -0.15) is 0 Å². The smallest absolute Gasteiger partial charge is 0.350 e. The van der Waals surface area contributed by atoms with Crippen molar-refractivity contribution in [2.75, 3.05) is 12.4 Å². The zero-order valence-corrected chi connectivity index (χ0v) is 12.3. The number of rotatable bonds is 3. The van der Waals surface area contributed by atoms with E-state index >= 15 is 0 Å². The number of hydrogen-bond acceptors (Lipinski definition) is 7. The second kappa shape index (κ2) is 5.88. The molecular formula is C15H15NO6. The maximum Gasteiger partial charge on any atom is 0.350 e. The molecule has 116 valence electrons. The molecule has 7 nitrogen and oxygen atoms in total. The SMILES string of the molecule is COC(=O)c1ccccc1NC=C1C(=O)OC(C)(C)OC1=O. The van der Waals surface area contributed by atoms with Gasteiger partial charge in [0, 0.05) is 20.0 Å². The van der Waals surface area contributed by atoms with Crippen molar-refractivity contribution in [1.29, 1.82) is 0 Å². The first-order valence-corrected chi connectivity index (χ1v) is 6.45. The van der Waals surface area contributed by atoms with Gasteiger partial charge in [0.15, 0.2) is 5.57 Å². The Morgan fingerprint density at radius 2 is 1.77 bits per heavy atom. The van der Waals surface area contributed by atoms with E-state index in [0.717, 1.165) is 6.20 Å². The van der Waals surface area contributed by atoms with Gasteiger partial charge < -0.3 is 19.5 Å². The summed E-state index contributed by atoms with van der Waals surface area (Å²) in [6.45, 7) is 2.92. The van der Waals surface area contributed by atoms with Gasteiger partial charge in [0.25, 0.3) is 5.79 Å². The Labute approximate surface area is 126 Å². The number of methoxy groups -OCH3 is 1. The van der Waals surface area contributed by atoms with E-state index in [2.05, 4.69) is 10.1 Å². The molecule has 1 aliphatic heterocycles. The first-order chi connectivity index (χ1) is 10.3. The maximum atomic E-state index is 11.8. The van der Waals surface area contributed by atoms with Gasteiger partial charge in [0.2, 0.25) is 0 Å². The van der Waals surface area contributed by atoms with Crippen LogP contribution < -0.4 is 5.32 Å². The summed E-state index contributed by atoms with van der Waals surface area (Å²) in [4.78, 5) is 35.2. The van der Waals surface area contributed by atoms with Crippen LogP contribution in [0.4, 0.5) is 5.69 Å². The Morgan fingerprint density at radius 1 is 1.18 bits per heavy atom. The van der Waals surface area contributed by atoms with Crippen LogP contribution in [-0.4, -0.2) is 30.8 Å². The predicted molar refractivity (Wildman–Crippen MR) is 75.8 cm³/mol. The minimum Gasteiger partial charge on any atom is -0.465 e. The van der Waals surface area contributed by atoms with Crippen LogP contribution in [-0.2, 0) is 23.8 Å². The number of benzene rings is 1. The molecule has 2 rings (SSSR count). The molecule has 0 aliphatic carbocycles. The number of nitrogens with one attached hydrogen (secondary N) is 1. The number of para-hydroxylation sites is 1. The van der Waals surface area contributed by atoms with Crippen molar-refractivity contribution in [2.24, 2.45) is 0 Å². The van der Waals surface area contributed by atoms with Crippen LogP contribution in [0.2, 0.25) is 0 Å². The average molecular weight is 305 g/mol. The minimum absolute atomic E-state index is 0.264. The number of cyclic esters (lactones) is 2. The van der Waals surface area contributed by atoms with E-state index < -0.39 is 23.7 Å². The van der Waals surface area contributed by atoms with Crippen LogP contribution in [0, 0.1) is 0 Å². The number of carbonyl (C=O) groups is 3. The minimum atomic E-state index is -1.30. The van der Waals surface area contributed by atoms with E-state index in [1.807, 2.05) is 0 Å². The fraction of sp³-hybridized carbons (Fsp3) is 0.267. The molecule has 22 heavy (non-hydrogen) atoms. The Bertz CT molecular complexity index is 640. The Hall–Kier alpha value is -2.83. The number of hydrogen-bond donors (Lipinski definition) is 1. The molecule has 0 amide bonds. The number of carbonyl (C=O) groups excluding carboxylic acids is 3. The molecule has 0 aromatic heterocycles. The lowest BCUT2D eigenvalue weighted by molar-refractivity contribution is -0.222. The molecule has 0 spiro atoms. The van der Waals surface area contributed by atoms with Crippen LogP contribution in [0.1, 0.15) is 24.2 Å². The molecule has 1 aromatic carbocycles. The lowest BCUT2D eigenvalue weighted by Crippen LogP contribution is -2.42. The van der Waals surface area contributed by atoms with Crippen LogP contribution in [0.3, 0.4) is 0 Å². The zero-order chi connectivity index (χ0) is 16.3. The highest BCUT2D eigenvalue weighted by molar-refractivity contribution is 6.15. The summed E-state index contributed by atoms with van der Waals surface area (Å²) in [7, 11) is 1.26. The third-order valence-electron chi connectivity index (χ3n) is 2.82. The molecule has 0 atom stereocenters. The van der Waals surface area contributed by atoms with Crippen molar-refractivity contribution in [2.45, 2.75) is 19.6 Å². The number of esters is 3. The number of ether oxygens (including phenoxy) is 3. The molecule has 1 fully saturated rings. The van der Waals surface area contributed by atoms with E-state index in [1.165, 1.54) is 21.0 Å². The van der Waals surface area contributed by atoms with Crippen LogP contribution in [0.15, 0.2) is 36.0 Å². The molecule has 0 saturated carbocycles. The summed E-state index contributed by atoms with van der Waals surface area (Å²) in [5, 5.41) is 2.72. The Kier molecular flexibility index (Phi) is 4.16. The van der Waals surface area contributed by atoms with Gasteiger partial charge in [0.05, 0.1) is 18.4 Å². The summed E-state index contributed by atoms with van der Waals surface area (Å²) >= 11 is 0. The van der Waals surface area contributed by atoms with Gasteiger partial charge in [-0.05, 0) is 12.1 Å². The summed E-state index contributed by atoms with van der Waals surface area (Å²) in [5.41, 5.74) is 0.353. The highest BCUT2D eigenvalue weighted by atomic mass is 16.7. The quantitative estimate of drug-likeness (QED) is 0.515. The third-order valence-corrected chi connectivity index (χ3v) is 2.82. The third kappa shape index (κ3) is 3.25. The van der Waals surface area contributed by atoms with Crippen molar-refractivity contribution in [1.82, 2.24) is 0 Å². The zero-order valence-electron chi connectivity index (χ0n) is 12.3. The van der Waals surface area contributed by atoms with Crippen molar-refractivity contribution in [3.63, 3.8) is 0 Å². The molecule has 7 heteroatoms. The fourth-order valence-electron chi connectivity index (χ4n) is 1.83. The molecule has 1 aromatic rings. The number of anilines is 1. The summed E-state index contributed by atoms with van der Waals surface area (Å²) in [6, 6.07) is 6.50. The van der Waals surface area contributed by atoms with Crippen molar-refractivity contribution >= 4 is 23.6 Å². The van der Waals surface area contributed by atoms with Gasteiger partial charge in [-0.3, -0.25) is 0 Å². The molecular weight excluding hydrogens is 290 g/mol. The van der Waals surface area contributed by atoms with E-state index in [9.17, 15) is 14.4 Å². The maximum absolute atomic E-state index is 11.8. The van der Waals surface area contributed by atoms with Gasteiger partial charge in [-0.15, -0.1) is 0 Å². The van der Waals surface area contributed by atoms with Crippen LogP contribution in [0.25, 0.3) is 0 Å². The average Bonchev–Trinajstić information content (AvgIpc) is 2.44. The molecule has 1 N–H and O–H groups in total. The summed E-state index contributed by atoms with van der Waals surface area (Å²) in [6.07, 6.45) is 1.14. The summed E-state index contributed by atoms with van der Waals surface area (Å²) < 4.78 is 14.6. The molecule has 0 unspecified atom stereocenters. The van der Waals surface area contributed by atoms with E-state index in [-0.39, 0.29) is 11.1 Å². The fourth-order valence-corrected chi connectivity index (χ4v) is 1.83. The van der Waals surface area contributed by atoms with E-state index in [4.69, 9.17) is 9.47 Å². The standard InChI is InChI=1S/C15H15NO6/c1-15(2)21-13(18)10(14(19)22-15)8-16-11-7-5-4-6-9(11)12(17)20-3/h4-8,16H,1-3H3. The second-order valence-electron chi connectivity index (χ2n) is 4.92. The molecule has 1 saturated heterocycles. The summed E-state index contributed by atoms with van der Waals surface area (Å²) in [5.74, 6) is -3.44. The lowest BCUT2D eigenvalue weighted by atomic mass is 10.1. The van der Waals surface area contributed by atoms with Gasteiger partial charge in [-0.1, -0.05) is 12.1 Å². The largest absolute Gasteiger partial charge is 0.465 e. The van der Waals surface area contributed by atoms with Crippen LogP contribution >= 0.6 is 0 Å². The monoisotopic (exact) mass is 305 g/mol. The molecule has 1 heterocycles. The predicted octanol–water partition coefficient (Wildman–Crippen LogP) is 1.61. The van der Waals surface area contributed by atoms with Crippen molar-refractivity contribution < 1.29 is 28.6 Å². The van der Waals surface area contributed by atoms with Crippen molar-refractivity contribution in [3.8, 4) is 0 Å². The first kappa shape index (κ1) is 15.6. The normalized spacial score (nSPS) is 16.4. The van der Waals surface area contributed by atoms with Crippen LogP contribution in [0.5, 0.6) is 0 Å². The second-order valence-corrected chi connectivity index (χ2v) is 4.92. The highest BCUT2D eigenvalue weighted by Crippen LogP contribution is 2.23. The van der Waals surface area contributed by atoms with E-state index in [0.29, 0.717) is 5.69 Å². The molecule has 1 aliphatic rings. The lowest BCUT2D eigenvalue weighted by Gasteiger charge is -2.29. The topological polar surface area (TPSA) is 90.9 Å². The van der Waals surface area contributed by atoms with Crippen molar-refractivity contribution in [3.05, 3.63) is 41.6 Å². The molecule has 0 radical (unpaired) electrons. The van der Waals surface area contributed by atoms with Gasteiger partial charge in [-0.25, -0.2) is 14.4 Å².